The lowest BCUT2D eigenvalue weighted by atomic mass is 10.1. The number of halogens is 1. The summed E-state index contributed by atoms with van der Waals surface area (Å²) in [4.78, 5) is 21.2. The first-order chi connectivity index (χ1) is 15.7. The van der Waals surface area contributed by atoms with Gasteiger partial charge in [-0.05, 0) is 70.2 Å². The largest absolute Gasteiger partial charge is 0.460 e. The average molecular weight is 465 g/mol. The first-order valence-electron chi connectivity index (χ1n) is 11.0. The van der Waals surface area contributed by atoms with E-state index in [-0.39, 0.29) is 12.0 Å². The maximum Gasteiger partial charge on any atom is 0.308 e. The van der Waals surface area contributed by atoms with E-state index >= 15 is 0 Å². The molecule has 1 aliphatic rings. The highest BCUT2D eigenvalue weighted by atomic mass is 35.5. The second-order valence-electron chi connectivity index (χ2n) is 9.51. The van der Waals surface area contributed by atoms with Crippen molar-refractivity contribution >= 4 is 28.5 Å². The molecule has 7 nitrogen and oxygen atoms in total. The summed E-state index contributed by atoms with van der Waals surface area (Å²) >= 11 is 6.08. The van der Waals surface area contributed by atoms with Crippen molar-refractivity contribution < 1.29 is 14.1 Å². The van der Waals surface area contributed by atoms with Gasteiger partial charge >= 0.3 is 5.97 Å². The Morgan fingerprint density at radius 3 is 2.76 bits per heavy atom. The lowest BCUT2D eigenvalue weighted by Crippen LogP contribution is -2.25. The monoisotopic (exact) mass is 464 g/mol. The van der Waals surface area contributed by atoms with Gasteiger partial charge in [0.2, 0.25) is 5.82 Å². The molecule has 5 rings (SSSR count). The van der Waals surface area contributed by atoms with Crippen molar-refractivity contribution in [2.45, 2.75) is 58.6 Å². The van der Waals surface area contributed by atoms with Gasteiger partial charge in [0.05, 0.1) is 6.42 Å². The second-order valence-corrected chi connectivity index (χ2v) is 9.89. The lowest BCUT2D eigenvalue weighted by Gasteiger charge is -2.22. The summed E-state index contributed by atoms with van der Waals surface area (Å²) in [7, 11) is 0. The molecule has 33 heavy (non-hydrogen) atoms. The maximum atomic E-state index is 12.5. The molecule has 1 aromatic carbocycles. The van der Waals surface area contributed by atoms with Crippen LogP contribution in [0.1, 0.15) is 51.0 Å². The number of aromatic nitrogens is 4. The van der Waals surface area contributed by atoms with Crippen molar-refractivity contribution in [3.8, 4) is 22.8 Å². The summed E-state index contributed by atoms with van der Waals surface area (Å²) in [6, 6.07) is 11.9. The number of benzene rings is 1. The van der Waals surface area contributed by atoms with Gasteiger partial charge in [0.15, 0.2) is 0 Å². The van der Waals surface area contributed by atoms with Gasteiger partial charge in [-0.1, -0.05) is 28.9 Å². The van der Waals surface area contributed by atoms with E-state index in [4.69, 9.17) is 20.9 Å². The third-order valence-corrected chi connectivity index (χ3v) is 5.89. The molecule has 0 saturated carbocycles. The lowest BCUT2D eigenvalue weighted by molar-refractivity contribution is -0.155. The topological polar surface area (TPSA) is 83.0 Å². The van der Waals surface area contributed by atoms with E-state index in [9.17, 15) is 4.79 Å². The van der Waals surface area contributed by atoms with E-state index in [0.717, 1.165) is 40.6 Å². The molecule has 0 radical (unpaired) electrons. The number of pyridine rings is 1. The average Bonchev–Trinajstić information content (AvgIpc) is 3.41. The summed E-state index contributed by atoms with van der Waals surface area (Å²) < 4.78 is 13.3. The molecule has 0 aliphatic carbocycles. The molecule has 4 aromatic rings. The molecule has 1 atom stereocenters. The van der Waals surface area contributed by atoms with Crippen LogP contribution in [0.2, 0.25) is 5.15 Å². The van der Waals surface area contributed by atoms with E-state index in [1.165, 1.54) is 5.69 Å². The first kappa shape index (κ1) is 21.6. The van der Waals surface area contributed by atoms with Crippen molar-refractivity contribution in [2.75, 3.05) is 0 Å². The van der Waals surface area contributed by atoms with Crippen LogP contribution in [0.5, 0.6) is 0 Å². The number of hydrogen-bond acceptors (Lipinski definition) is 6. The number of fused-ring (bicyclic) bond motifs is 3. The van der Waals surface area contributed by atoms with Gasteiger partial charge in [-0.15, -0.1) is 0 Å². The molecule has 170 valence electrons. The van der Waals surface area contributed by atoms with Crippen molar-refractivity contribution in [1.82, 2.24) is 19.7 Å². The highest BCUT2D eigenvalue weighted by molar-refractivity contribution is 6.29. The predicted octanol–water partition coefficient (Wildman–Crippen LogP) is 5.93. The van der Waals surface area contributed by atoms with Crippen LogP contribution in [0.3, 0.4) is 0 Å². The smallest absolute Gasteiger partial charge is 0.308 e. The molecule has 1 unspecified atom stereocenters. The highest BCUT2D eigenvalue weighted by Gasteiger charge is 2.28. The van der Waals surface area contributed by atoms with Gasteiger partial charge in [0, 0.05) is 34.1 Å². The molecule has 3 aromatic heterocycles. The Morgan fingerprint density at radius 1 is 1.18 bits per heavy atom. The quantitative estimate of drug-likeness (QED) is 0.275. The number of carbonyl (C=O) groups is 1. The van der Waals surface area contributed by atoms with E-state index in [1.807, 2.05) is 39.8 Å². The maximum absolute atomic E-state index is 12.5. The molecule has 4 heterocycles. The Hall–Kier alpha value is -3.19. The van der Waals surface area contributed by atoms with Crippen LogP contribution in [0.4, 0.5) is 0 Å². The number of ether oxygens (including phenoxy) is 1. The molecule has 0 fully saturated rings. The molecule has 8 heteroatoms. The molecule has 0 spiro atoms. The molecule has 0 bridgehead atoms. The summed E-state index contributed by atoms with van der Waals surface area (Å²) in [5.74, 6) is 0.711. The minimum atomic E-state index is -0.488. The Morgan fingerprint density at radius 2 is 2.00 bits per heavy atom. The van der Waals surface area contributed by atoms with Gasteiger partial charge < -0.3 is 13.8 Å². The Balaban J connectivity index is 1.46. The van der Waals surface area contributed by atoms with Crippen LogP contribution < -0.4 is 0 Å². The van der Waals surface area contributed by atoms with Crippen molar-refractivity contribution in [3.63, 3.8) is 0 Å². The third kappa shape index (κ3) is 4.37. The van der Waals surface area contributed by atoms with Gasteiger partial charge in [0.1, 0.15) is 10.8 Å². The number of rotatable bonds is 4. The fourth-order valence-corrected chi connectivity index (χ4v) is 4.71. The van der Waals surface area contributed by atoms with Crippen LogP contribution in [0.15, 0.2) is 40.9 Å². The summed E-state index contributed by atoms with van der Waals surface area (Å²) in [5, 5.41) is 5.69. The van der Waals surface area contributed by atoms with Crippen molar-refractivity contribution in [1.29, 1.82) is 0 Å². The SMILES string of the molecule is Cc1cc(-c2nc(-c3ccc4cc5n(c4c3)C(CC(=O)OC(C)(C)C)CC5)no2)cc(Cl)n1. The third-order valence-electron chi connectivity index (χ3n) is 5.70. The fraction of sp³-hybridized carbons (Fsp3) is 0.360. The Kier molecular flexibility index (Phi) is 5.24. The zero-order valence-corrected chi connectivity index (χ0v) is 19.8. The number of esters is 1. The predicted molar refractivity (Wildman–Crippen MR) is 126 cm³/mol. The number of nitrogens with zero attached hydrogens (tertiary/aromatic N) is 4. The zero-order chi connectivity index (χ0) is 23.3. The number of carbonyl (C=O) groups excluding carboxylic acids is 1. The second kappa shape index (κ2) is 7.99. The Bertz CT molecular complexity index is 1350. The molecule has 0 amide bonds. The normalized spacial score (nSPS) is 15.7. The van der Waals surface area contributed by atoms with Crippen LogP contribution in [0, 0.1) is 6.92 Å². The van der Waals surface area contributed by atoms with Crippen LogP contribution in [-0.4, -0.2) is 31.3 Å². The highest BCUT2D eigenvalue weighted by Crippen LogP contribution is 2.37. The van der Waals surface area contributed by atoms with Gasteiger partial charge in [-0.3, -0.25) is 4.79 Å². The molecular formula is C25H25ClN4O3. The van der Waals surface area contributed by atoms with Crippen molar-refractivity contribution in [3.05, 3.63) is 52.9 Å². The number of aryl methyl sites for hydroxylation is 2. The van der Waals surface area contributed by atoms with Crippen LogP contribution >= 0.6 is 11.6 Å². The standard InChI is InChI=1S/C25H25ClN4O3/c1-14-9-17(12-21(26)27-14)24-28-23(29-33-24)16-6-5-15-10-18-7-8-19(30(18)20(15)11-16)13-22(31)32-25(2,3)4/h5-6,9-12,19H,7-8,13H2,1-4H3. The molecule has 0 N–H and O–H groups in total. The van der Waals surface area contributed by atoms with Crippen LogP contribution in [0.25, 0.3) is 33.7 Å². The Labute approximate surface area is 196 Å². The molecule has 1 aliphatic heterocycles. The number of hydrogen-bond donors (Lipinski definition) is 0. The summed E-state index contributed by atoms with van der Waals surface area (Å²) in [5.41, 5.74) is 4.15. The first-order valence-corrected chi connectivity index (χ1v) is 11.4. The van der Waals surface area contributed by atoms with Gasteiger partial charge in [0.25, 0.3) is 5.89 Å². The molecular weight excluding hydrogens is 440 g/mol. The van der Waals surface area contributed by atoms with Crippen LogP contribution in [-0.2, 0) is 16.0 Å². The van der Waals surface area contributed by atoms with E-state index in [0.29, 0.717) is 23.3 Å². The van der Waals surface area contributed by atoms with Gasteiger partial charge in [-0.2, -0.15) is 4.98 Å². The molecule has 0 saturated heterocycles. The van der Waals surface area contributed by atoms with Crippen molar-refractivity contribution in [2.24, 2.45) is 0 Å². The minimum absolute atomic E-state index is 0.0744. The zero-order valence-electron chi connectivity index (χ0n) is 19.1. The summed E-state index contributed by atoms with van der Waals surface area (Å²) in [6.45, 7) is 7.54. The van der Waals surface area contributed by atoms with E-state index in [2.05, 4.69) is 37.9 Å². The minimum Gasteiger partial charge on any atom is -0.460 e. The van der Waals surface area contributed by atoms with E-state index < -0.39 is 5.60 Å². The van der Waals surface area contributed by atoms with Gasteiger partial charge in [-0.25, -0.2) is 4.98 Å². The fourth-order valence-electron chi connectivity index (χ4n) is 4.46. The summed E-state index contributed by atoms with van der Waals surface area (Å²) in [6.07, 6.45) is 2.21. The van der Waals surface area contributed by atoms with E-state index in [1.54, 1.807) is 6.07 Å².